The first-order valence-corrected chi connectivity index (χ1v) is 6.33. The van der Waals surface area contributed by atoms with Crippen molar-refractivity contribution in [1.82, 2.24) is 19.9 Å². The number of H-pyrrole nitrogens is 1. The predicted octanol–water partition coefficient (Wildman–Crippen LogP) is 2.79. The summed E-state index contributed by atoms with van der Waals surface area (Å²) >= 11 is 5.17. The fraction of sp³-hybridized carbons (Fsp3) is 0.0769. The molecular formula is C13H11N5OS. The standard InChI is InChI=1S/C13H11N5OS/c1-9-4-5-11(19-9)8-15-18-12(16-17-13(18)20)10-3-2-6-14-7-10/h2-8H,1H3,(H,17,20)/b15-8-. The molecule has 0 saturated heterocycles. The van der Waals surface area contributed by atoms with Crippen LogP contribution in [-0.4, -0.2) is 26.1 Å². The Balaban J connectivity index is 2.00. The molecule has 3 aromatic rings. The second kappa shape index (κ2) is 5.22. The lowest BCUT2D eigenvalue weighted by atomic mass is 10.3. The Labute approximate surface area is 119 Å². The van der Waals surface area contributed by atoms with Gasteiger partial charge in [0.05, 0.1) is 6.21 Å². The minimum atomic E-state index is 0.406. The van der Waals surface area contributed by atoms with Crippen LogP contribution in [0.25, 0.3) is 11.4 Å². The molecule has 0 aliphatic carbocycles. The third kappa shape index (κ3) is 2.43. The summed E-state index contributed by atoms with van der Waals surface area (Å²) in [5.74, 6) is 2.08. The Morgan fingerprint density at radius 3 is 3.00 bits per heavy atom. The van der Waals surface area contributed by atoms with Crippen molar-refractivity contribution < 1.29 is 4.42 Å². The molecule has 0 atom stereocenters. The van der Waals surface area contributed by atoms with Gasteiger partial charge in [-0.05, 0) is 43.4 Å². The molecule has 3 aromatic heterocycles. The quantitative estimate of drug-likeness (QED) is 0.593. The topological polar surface area (TPSA) is 72.0 Å². The number of aromatic amines is 1. The van der Waals surface area contributed by atoms with Crippen LogP contribution in [0, 0.1) is 11.7 Å². The van der Waals surface area contributed by atoms with Crippen LogP contribution in [-0.2, 0) is 0 Å². The van der Waals surface area contributed by atoms with E-state index >= 15 is 0 Å². The van der Waals surface area contributed by atoms with Crippen LogP contribution in [0.2, 0.25) is 0 Å². The maximum atomic E-state index is 5.43. The van der Waals surface area contributed by atoms with Gasteiger partial charge < -0.3 is 4.42 Å². The number of nitrogens with one attached hydrogen (secondary N) is 1. The Morgan fingerprint density at radius 2 is 2.30 bits per heavy atom. The molecule has 0 unspecified atom stereocenters. The molecule has 0 radical (unpaired) electrons. The van der Waals surface area contributed by atoms with Crippen LogP contribution in [0.1, 0.15) is 11.5 Å². The molecule has 0 spiro atoms. The van der Waals surface area contributed by atoms with E-state index in [9.17, 15) is 0 Å². The van der Waals surface area contributed by atoms with Gasteiger partial charge in [0.2, 0.25) is 4.77 Å². The second-order valence-corrected chi connectivity index (χ2v) is 4.49. The monoisotopic (exact) mass is 285 g/mol. The zero-order chi connectivity index (χ0) is 13.9. The predicted molar refractivity (Wildman–Crippen MR) is 77.1 cm³/mol. The third-order valence-corrected chi connectivity index (χ3v) is 2.90. The molecule has 7 heteroatoms. The smallest absolute Gasteiger partial charge is 0.216 e. The Morgan fingerprint density at radius 1 is 1.40 bits per heavy atom. The average molecular weight is 285 g/mol. The first-order chi connectivity index (χ1) is 9.74. The van der Waals surface area contributed by atoms with Crippen LogP contribution in [0.5, 0.6) is 0 Å². The zero-order valence-corrected chi connectivity index (χ0v) is 11.5. The number of aromatic nitrogens is 4. The summed E-state index contributed by atoms with van der Waals surface area (Å²) in [5.41, 5.74) is 0.827. The maximum Gasteiger partial charge on any atom is 0.216 e. The highest BCUT2D eigenvalue weighted by atomic mass is 32.1. The number of furan rings is 1. The summed E-state index contributed by atoms with van der Waals surface area (Å²) in [5, 5.41) is 11.2. The van der Waals surface area contributed by atoms with E-state index in [1.54, 1.807) is 18.6 Å². The number of nitrogens with zero attached hydrogens (tertiary/aromatic N) is 4. The molecule has 0 saturated carbocycles. The molecular weight excluding hydrogens is 274 g/mol. The molecule has 100 valence electrons. The summed E-state index contributed by atoms with van der Waals surface area (Å²) < 4.78 is 7.37. The Hall–Kier alpha value is -2.54. The molecule has 3 heterocycles. The first kappa shape index (κ1) is 12.5. The van der Waals surface area contributed by atoms with Crippen LogP contribution in [0.4, 0.5) is 0 Å². The van der Waals surface area contributed by atoms with E-state index in [4.69, 9.17) is 16.6 Å². The van der Waals surface area contributed by atoms with Gasteiger partial charge in [0.25, 0.3) is 0 Å². The molecule has 0 aliphatic heterocycles. The number of aryl methyl sites for hydroxylation is 1. The minimum Gasteiger partial charge on any atom is -0.460 e. The summed E-state index contributed by atoms with van der Waals surface area (Å²) in [6, 6.07) is 7.43. The molecule has 3 rings (SSSR count). The van der Waals surface area contributed by atoms with Crippen LogP contribution >= 0.6 is 12.2 Å². The molecule has 1 N–H and O–H groups in total. The summed E-state index contributed by atoms with van der Waals surface area (Å²) in [6.07, 6.45) is 5.00. The second-order valence-electron chi connectivity index (χ2n) is 4.10. The number of pyridine rings is 1. The summed E-state index contributed by atoms with van der Waals surface area (Å²) in [4.78, 5) is 4.06. The highest BCUT2D eigenvalue weighted by molar-refractivity contribution is 7.71. The number of hydrogen-bond donors (Lipinski definition) is 1. The lowest BCUT2D eigenvalue weighted by molar-refractivity contribution is 0.527. The van der Waals surface area contributed by atoms with Gasteiger partial charge in [-0.25, -0.2) is 5.10 Å². The lowest BCUT2D eigenvalue weighted by Crippen LogP contribution is -1.94. The Kier molecular flexibility index (Phi) is 3.26. The first-order valence-electron chi connectivity index (χ1n) is 5.92. The highest BCUT2D eigenvalue weighted by Crippen LogP contribution is 2.15. The van der Waals surface area contributed by atoms with Crippen molar-refractivity contribution in [2.75, 3.05) is 0 Å². The molecule has 0 bridgehead atoms. The van der Waals surface area contributed by atoms with Gasteiger partial charge in [-0.3, -0.25) is 4.98 Å². The third-order valence-electron chi connectivity index (χ3n) is 2.63. The van der Waals surface area contributed by atoms with Crippen molar-refractivity contribution in [2.24, 2.45) is 5.10 Å². The van der Waals surface area contributed by atoms with Crippen molar-refractivity contribution >= 4 is 18.4 Å². The molecule has 0 amide bonds. The van der Waals surface area contributed by atoms with Crippen molar-refractivity contribution in [3.8, 4) is 11.4 Å². The van der Waals surface area contributed by atoms with E-state index in [1.807, 2.05) is 31.2 Å². The normalized spacial score (nSPS) is 11.2. The van der Waals surface area contributed by atoms with Gasteiger partial charge in [0.15, 0.2) is 5.82 Å². The van der Waals surface area contributed by atoms with E-state index in [0.717, 1.165) is 11.3 Å². The van der Waals surface area contributed by atoms with Gasteiger partial charge >= 0.3 is 0 Å². The van der Waals surface area contributed by atoms with Crippen molar-refractivity contribution in [2.45, 2.75) is 6.92 Å². The van der Waals surface area contributed by atoms with Crippen molar-refractivity contribution in [1.29, 1.82) is 0 Å². The molecule has 0 aliphatic rings. The van der Waals surface area contributed by atoms with E-state index in [1.165, 1.54) is 4.68 Å². The molecule has 0 aromatic carbocycles. The molecule has 20 heavy (non-hydrogen) atoms. The largest absolute Gasteiger partial charge is 0.460 e. The molecule has 6 nitrogen and oxygen atoms in total. The SMILES string of the molecule is Cc1ccc(/C=N\n2c(-c3cccnc3)n[nH]c2=S)o1. The number of hydrogen-bond acceptors (Lipinski definition) is 5. The Bertz CT molecular complexity index is 800. The van der Waals surface area contributed by atoms with Crippen LogP contribution < -0.4 is 0 Å². The van der Waals surface area contributed by atoms with E-state index in [-0.39, 0.29) is 0 Å². The lowest BCUT2D eigenvalue weighted by Gasteiger charge is -1.99. The van der Waals surface area contributed by atoms with Gasteiger partial charge in [-0.1, -0.05) is 0 Å². The average Bonchev–Trinajstić information content (AvgIpc) is 3.04. The number of rotatable bonds is 3. The van der Waals surface area contributed by atoms with Gasteiger partial charge in [0, 0.05) is 18.0 Å². The van der Waals surface area contributed by atoms with Crippen LogP contribution in [0.15, 0.2) is 46.2 Å². The fourth-order valence-electron chi connectivity index (χ4n) is 1.72. The van der Waals surface area contributed by atoms with Crippen molar-refractivity contribution in [3.05, 3.63) is 53.0 Å². The van der Waals surface area contributed by atoms with Gasteiger partial charge in [-0.15, -0.1) is 0 Å². The van der Waals surface area contributed by atoms with Crippen LogP contribution in [0.3, 0.4) is 0 Å². The van der Waals surface area contributed by atoms with E-state index < -0.39 is 0 Å². The summed E-state index contributed by atoms with van der Waals surface area (Å²) in [6.45, 7) is 1.88. The van der Waals surface area contributed by atoms with E-state index in [2.05, 4.69) is 20.3 Å². The zero-order valence-electron chi connectivity index (χ0n) is 10.6. The fourth-order valence-corrected chi connectivity index (χ4v) is 1.90. The van der Waals surface area contributed by atoms with E-state index in [0.29, 0.717) is 16.4 Å². The molecule has 0 fully saturated rings. The minimum absolute atomic E-state index is 0.406. The highest BCUT2D eigenvalue weighted by Gasteiger charge is 2.07. The summed E-state index contributed by atoms with van der Waals surface area (Å²) in [7, 11) is 0. The maximum absolute atomic E-state index is 5.43. The van der Waals surface area contributed by atoms with Crippen molar-refractivity contribution in [3.63, 3.8) is 0 Å². The van der Waals surface area contributed by atoms with Gasteiger partial charge in [0.1, 0.15) is 11.5 Å². The van der Waals surface area contributed by atoms with Gasteiger partial charge in [-0.2, -0.15) is 14.9 Å².